The molecule has 1 aromatic carbocycles. The number of sulfone groups is 1. The van der Waals surface area contributed by atoms with Gasteiger partial charge in [-0.05, 0) is 50.9 Å². The molecule has 0 saturated carbocycles. The Hall–Kier alpha value is -2.23. The lowest BCUT2D eigenvalue weighted by molar-refractivity contribution is -0.115. The Kier molecular flexibility index (Phi) is 8.08. The first-order valence-electron chi connectivity index (χ1n) is 10.9. The van der Waals surface area contributed by atoms with E-state index in [4.69, 9.17) is 4.74 Å². The first kappa shape index (κ1) is 24.4. The number of nitrogens with zero attached hydrogens (tertiary/aromatic N) is 1. The van der Waals surface area contributed by atoms with Crippen LogP contribution in [0.25, 0.3) is 0 Å². The van der Waals surface area contributed by atoms with Crippen LogP contribution in [0.2, 0.25) is 0 Å². The third-order valence-electron chi connectivity index (χ3n) is 5.39. The second-order valence-electron chi connectivity index (χ2n) is 7.88. The molecule has 7 nitrogen and oxygen atoms in total. The maximum absolute atomic E-state index is 12.6. The summed E-state index contributed by atoms with van der Waals surface area (Å²) in [5, 5.41) is 3.23. The lowest BCUT2D eigenvalue weighted by atomic mass is 10.0. The maximum Gasteiger partial charge on any atom is 0.341 e. The fourth-order valence-corrected chi connectivity index (χ4v) is 6.29. The number of anilines is 1. The van der Waals surface area contributed by atoms with E-state index in [0.29, 0.717) is 10.6 Å². The minimum Gasteiger partial charge on any atom is -0.462 e. The molecule has 1 N–H and O–H groups in total. The summed E-state index contributed by atoms with van der Waals surface area (Å²) in [5.41, 5.74) is 2.31. The summed E-state index contributed by atoms with van der Waals surface area (Å²) in [6.07, 6.45) is 1.57. The lowest BCUT2D eigenvalue weighted by Gasteiger charge is -2.26. The van der Waals surface area contributed by atoms with Gasteiger partial charge in [-0.3, -0.25) is 9.69 Å². The van der Waals surface area contributed by atoms with E-state index < -0.39 is 21.7 Å². The maximum atomic E-state index is 12.6. The van der Waals surface area contributed by atoms with Gasteiger partial charge < -0.3 is 10.1 Å². The second-order valence-corrected chi connectivity index (χ2v) is 11.1. The summed E-state index contributed by atoms with van der Waals surface area (Å²) in [6, 6.07) is 6.57. The zero-order valence-corrected chi connectivity index (χ0v) is 20.4. The van der Waals surface area contributed by atoms with E-state index in [0.717, 1.165) is 48.5 Å². The minimum atomic E-state index is -3.57. The van der Waals surface area contributed by atoms with E-state index in [1.165, 1.54) is 11.3 Å². The zero-order chi connectivity index (χ0) is 23.3. The number of amides is 1. The number of esters is 1. The highest BCUT2D eigenvalue weighted by atomic mass is 32.2. The topological polar surface area (TPSA) is 92.8 Å². The van der Waals surface area contributed by atoms with E-state index in [2.05, 4.69) is 17.1 Å². The molecule has 1 aliphatic heterocycles. The molecule has 0 saturated heterocycles. The fraction of sp³-hybridized carbons (Fsp3) is 0.478. The molecule has 0 fully saturated rings. The summed E-state index contributed by atoms with van der Waals surface area (Å²) >= 11 is 1.38. The molecule has 1 aliphatic rings. The molecule has 3 rings (SSSR count). The Morgan fingerprint density at radius 2 is 1.91 bits per heavy atom. The van der Waals surface area contributed by atoms with Crippen LogP contribution in [0.3, 0.4) is 0 Å². The summed E-state index contributed by atoms with van der Waals surface area (Å²) in [5.74, 6) is -1.18. The number of benzene rings is 1. The van der Waals surface area contributed by atoms with Gasteiger partial charge >= 0.3 is 5.97 Å². The van der Waals surface area contributed by atoms with Crippen LogP contribution < -0.4 is 5.32 Å². The third-order valence-corrected chi connectivity index (χ3v) is 8.25. The number of carbonyl (C=O) groups excluding carboxylic acids is 2. The second kappa shape index (κ2) is 10.6. The van der Waals surface area contributed by atoms with Crippen molar-refractivity contribution in [3.8, 4) is 0 Å². The molecule has 0 spiro atoms. The molecule has 2 aromatic rings. The number of ether oxygens (including phenoxy) is 1. The van der Waals surface area contributed by atoms with Gasteiger partial charge in [-0.25, -0.2) is 13.2 Å². The van der Waals surface area contributed by atoms with Gasteiger partial charge in [-0.2, -0.15) is 0 Å². The monoisotopic (exact) mass is 478 g/mol. The molecular weight excluding hydrogens is 448 g/mol. The molecule has 0 unspecified atom stereocenters. The number of thiophene rings is 1. The summed E-state index contributed by atoms with van der Waals surface area (Å²) in [7, 11) is -3.57. The van der Waals surface area contributed by atoms with Crippen molar-refractivity contribution in [3.05, 3.63) is 45.8 Å². The highest BCUT2D eigenvalue weighted by molar-refractivity contribution is 7.91. The smallest absolute Gasteiger partial charge is 0.341 e. The number of rotatable bonds is 9. The van der Waals surface area contributed by atoms with Crippen molar-refractivity contribution in [3.63, 3.8) is 0 Å². The van der Waals surface area contributed by atoms with Gasteiger partial charge in [-0.1, -0.05) is 24.6 Å². The van der Waals surface area contributed by atoms with Crippen molar-refractivity contribution in [1.29, 1.82) is 0 Å². The van der Waals surface area contributed by atoms with Crippen molar-refractivity contribution in [2.45, 2.75) is 51.5 Å². The van der Waals surface area contributed by atoms with Crippen molar-refractivity contribution in [1.82, 2.24) is 4.90 Å². The number of hydrogen-bond acceptors (Lipinski definition) is 7. The quantitative estimate of drug-likeness (QED) is 0.551. The van der Waals surface area contributed by atoms with Crippen molar-refractivity contribution < 1.29 is 22.7 Å². The van der Waals surface area contributed by atoms with Gasteiger partial charge in [0.05, 0.1) is 22.8 Å². The number of nitrogens with one attached hydrogen (secondary N) is 1. The van der Waals surface area contributed by atoms with Crippen molar-refractivity contribution in [2.24, 2.45) is 0 Å². The minimum absolute atomic E-state index is 0.191. The molecular formula is C23H30N2O5S2. The number of carbonyl (C=O) groups is 2. The predicted octanol–water partition coefficient (Wildman–Crippen LogP) is 3.80. The van der Waals surface area contributed by atoms with E-state index in [9.17, 15) is 18.0 Å². The average molecular weight is 479 g/mol. The zero-order valence-electron chi connectivity index (χ0n) is 18.8. The first-order valence-corrected chi connectivity index (χ1v) is 13.3. The Balaban J connectivity index is 1.75. The largest absolute Gasteiger partial charge is 0.462 e. The fourth-order valence-electron chi connectivity index (χ4n) is 3.75. The first-order chi connectivity index (χ1) is 15.2. The third kappa shape index (κ3) is 5.76. The number of fused-ring (bicyclic) bond motifs is 1. The highest BCUT2D eigenvalue weighted by Gasteiger charge is 2.29. The van der Waals surface area contributed by atoms with Crippen LogP contribution in [0, 0.1) is 6.92 Å². The predicted molar refractivity (Wildman–Crippen MR) is 126 cm³/mol. The highest BCUT2D eigenvalue weighted by Crippen LogP contribution is 2.37. The molecule has 2 heterocycles. The van der Waals surface area contributed by atoms with Crippen LogP contribution in [0.1, 0.15) is 53.1 Å². The number of aryl methyl sites for hydroxylation is 1. The van der Waals surface area contributed by atoms with Crippen molar-refractivity contribution in [2.75, 3.05) is 30.8 Å². The van der Waals surface area contributed by atoms with Gasteiger partial charge in [0, 0.05) is 24.4 Å². The normalized spacial score (nSPS) is 14.1. The molecule has 0 atom stereocenters. The standard InChI is InChI=1S/C23H30N2O5S2/c1-4-12-25-13-10-18-19(15-25)31-22(21(18)23(27)30-5-2)24-20(26)11-14-32(28,29)17-8-6-16(3)7-9-17/h6-9H,4-5,10-15H2,1-3H3,(H,24,26). The molecule has 0 radical (unpaired) electrons. The van der Waals surface area contributed by atoms with Crippen LogP contribution in [0.5, 0.6) is 0 Å². The van der Waals surface area contributed by atoms with Gasteiger partial charge in [0.2, 0.25) is 5.91 Å². The van der Waals surface area contributed by atoms with Crippen LogP contribution in [0.15, 0.2) is 29.2 Å². The molecule has 0 bridgehead atoms. The molecule has 1 aromatic heterocycles. The summed E-state index contributed by atoms with van der Waals surface area (Å²) in [4.78, 5) is 28.8. The molecule has 0 aliphatic carbocycles. The Morgan fingerprint density at radius 3 is 2.56 bits per heavy atom. The summed E-state index contributed by atoms with van der Waals surface area (Å²) in [6.45, 7) is 8.56. The Labute approximate surface area is 193 Å². The SMILES string of the molecule is CCCN1CCc2c(sc(NC(=O)CCS(=O)(=O)c3ccc(C)cc3)c2C(=O)OCC)C1. The van der Waals surface area contributed by atoms with Crippen LogP contribution >= 0.6 is 11.3 Å². The lowest BCUT2D eigenvalue weighted by Crippen LogP contribution is -2.30. The number of hydrogen-bond donors (Lipinski definition) is 1. The van der Waals surface area contributed by atoms with Gasteiger partial charge in [0.1, 0.15) is 5.00 Å². The molecule has 9 heteroatoms. The molecule has 32 heavy (non-hydrogen) atoms. The van der Waals surface area contributed by atoms with Crippen LogP contribution in [-0.4, -0.2) is 50.6 Å². The van der Waals surface area contributed by atoms with Crippen LogP contribution in [-0.2, 0) is 32.3 Å². The van der Waals surface area contributed by atoms with Gasteiger partial charge in [-0.15, -0.1) is 11.3 Å². The summed E-state index contributed by atoms with van der Waals surface area (Å²) < 4.78 is 30.4. The van der Waals surface area contributed by atoms with E-state index in [1.54, 1.807) is 31.2 Å². The van der Waals surface area contributed by atoms with Gasteiger partial charge in [0.15, 0.2) is 9.84 Å². The van der Waals surface area contributed by atoms with Gasteiger partial charge in [0.25, 0.3) is 0 Å². The van der Waals surface area contributed by atoms with Crippen LogP contribution in [0.4, 0.5) is 5.00 Å². The molecule has 1 amide bonds. The van der Waals surface area contributed by atoms with E-state index in [1.807, 2.05) is 6.92 Å². The molecule has 174 valence electrons. The Bertz CT molecular complexity index is 1070. The van der Waals surface area contributed by atoms with Crippen molar-refractivity contribution >= 4 is 38.1 Å². The van der Waals surface area contributed by atoms with E-state index in [-0.39, 0.29) is 23.7 Å². The van der Waals surface area contributed by atoms with E-state index >= 15 is 0 Å². The Morgan fingerprint density at radius 1 is 1.19 bits per heavy atom. The average Bonchev–Trinajstić information content (AvgIpc) is 3.10.